The number of carboxylic acids is 1. The van der Waals surface area contributed by atoms with Crippen molar-refractivity contribution in [1.82, 2.24) is 15.2 Å². The molecule has 3 N–H and O–H groups in total. The van der Waals surface area contributed by atoms with Crippen molar-refractivity contribution in [2.24, 2.45) is 5.16 Å². The number of fused-ring (bicyclic) bond motifs is 1. The van der Waals surface area contributed by atoms with E-state index >= 15 is 0 Å². The average Bonchev–Trinajstić information content (AvgIpc) is 3.64. The van der Waals surface area contributed by atoms with E-state index in [1.807, 2.05) is 60.7 Å². The van der Waals surface area contributed by atoms with Gasteiger partial charge in [0.2, 0.25) is 0 Å². The van der Waals surface area contributed by atoms with Gasteiger partial charge in [-0.25, -0.2) is 9.78 Å². The van der Waals surface area contributed by atoms with Crippen LogP contribution >= 0.6 is 34.7 Å². The van der Waals surface area contributed by atoms with Gasteiger partial charge < -0.3 is 20.6 Å². The Hall–Kier alpha value is -5.43. The molecule has 13 heteroatoms. The summed E-state index contributed by atoms with van der Waals surface area (Å²) in [7, 11) is 0. The summed E-state index contributed by atoms with van der Waals surface area (Å²) in [4.78, 5) is 51.0. The summed E-state index contributed by atoms with van der Waals surface area (Å²) < 4.78 is 0. The number of amides is 2. The lowest BCUT2D eigenvalue weighted by Gasteiger charge is -2.49. The highest BCUT2D eigenvalue weighted by atomic mass is 35.5. The molecule has 1 aromatic heterocycles. The second-order valence-corrected chi connectivity index (χ2v) is 13.8. The van der Waals surface area contributed by atoms with Gasteiger partial charge >= 0.3 is 5.97 Å². The number of halogens is 1. The third kappa shape index (κ3) is 6.61. The first-order chi connectivity index (χ1) is 24.9. The third-order valence-corrected chi connectivity index (χ3v) is 11.0. The van der Waals surface area contributed by atoms with Gasteiger partial charge in [-0.3, -0.25) is 14.5 Å². The van der Waals surface area contributed by atoms with Crippen LogP contribution in [0.5, 0.6) is 5.75 Å². The van der Waals surface area contributed by atoms with Gasteiger partial charge in [0.1, 0.15) is 28.3 Å². The Labute approximate surface area is 306 Å². The zero-order chi connectivity index (χ0) is 35.4. The van der Waals surface area contributed by atoms with Gasteiger partial charge in [-0.05, 0) is 34.4 Å². The van der Waals surface area contributed by atoms with Gasteiger partial charge in [-0.15, -0.1) is 34.7 Å². The molecule has 2 atom stereocenters. The van der Waals surface area contributed by atoms with E-state index in [4.69, 9.17) is 21.4 Å². The van der Waals surface area contributed by atoms with Gasteiger partial charge in [0.15, 0.2) is 16.6 Å². The monoisotopic (exact) mass is 735 g/mol. The molecule has 1 saturated heterocycles. The summed E-state index contributed by atoms with van der Waals surface area (Å²) in [5.74, 6) is -1.81. The number of β-lactam (4-membered cyclic amide) rings is 1. The molecule has 10 nitrogen and oxygen atoms in total. The van der Waals surface area contributed by atoms with Gasteiger partial charge in [-0.2, -0.15) is 0 Å². The van der Waals surface area contributed by atoms with E-state index in [9.17, 15) is 19.5 Å². The first-order valence-electron chi connectivity index (χ1n) is 15.9. The molecule has 2 amide bonds. The molecule has 2 aliphatic heterocycles. The van der Waals surface area contributed by atoms with E-state index in [1.54, 1.807) is 29.6 Å². The van der Waals surface area contributed by atoms with Crippen molar-refractivity contribution >= 4 is 63.3 Å². The molecule has 4 aromatic carbocycles. The molecule has 2 aliphatic rings. The first-order valence-corrected chi connectivity index (χ1v) is 18.3. The van der Waals surface area contributed by atoms with Crippen LogP contribution in [0.1, 0.15) is 22.4 Å². The van der Waals surface area contributed by atoms with E-state index < -0.39 is 34.7 Å². The highest BCUT2D eigenvalue weighted by Gasteiger charge is 2.54. The number of nitrogens with one attached hydrogen (secondary N) is 2. The van der Waals surface area contributed by atoms with Crippen LogP contribution in [-0.4, -0.2) is 61.5 Å². The molecule has 0 bridgehead atoms. The van der Waals surface area contributed by atoms with Crippen molar-refractivity contribution in [2.75, 3.05) is 16.9 Å². The molecule has 256 valence electrons. The Morgan fingerprint density at radius 3 is 1.98 bits per heavy atom. The smallest absolute Gasteiger partial charge is 0.352 e. The fraction of sp³-hybridized carbons (Fsp3) is 0.132. The van der Waals surface area contributed by atoms with Crippen molar-refractivity contribution < 1.29 is 24.3 Å². The van der Waals surface area contributed by atoms with E-state index in [-0.39, 0.29) is 23.0 Å². The Morgan fingerprint density at radius 1 is 0.902 bits per heavy atom. The van der Waals surface area contributed by atoms with E-state index in [2.05, 4.69) is 52.2 Å². The van der Waals surface area contributed by atoms with Crippen molar-refractivity contribution in [1.29, 1.82) is 0 Å². The molecule has 1 fully saturated rings. The van der Waals surface area contributed by atoms with Crippen LogP contribution in [0.4, 0.5) is 5.13 Å². The maximum atomic E-state index is 14.0. The number of benzene rings is 4. The minimum absolute atomic E-state index is 0.0178. The molecule has 7 rings (SSSR count). The molecule has 0 saturated carbocycles. The number of hydrogen-bond donors (Lipinski definition) is 3. The molecule has 0 spiro atoms. The SMILES string of the molecule is O=C(O)C1=C(CCl)CS[C@H]2C(NC(=O)C(=NOc3ccccc3)c3csc(NC(c4ccccc4)(c4ccccc4)c4ccccc4)n3)C(=O)N12. The number of carbonyl (C=O) groups excluding carboxylic acids is 2. The van der Waals surface area contributed by atoms with Crippen molar-refractivity contribution in [3.63, 3.8) is 0 Å². The number of aliphatic carboxylic acids is 1. The zero-order valence-corrected chi connectivity index (χ0v) is 29.2. The lowest BCUT2D eigenvalue weighted by atomic mass is 9.77. The van der Waals surface area contributed by atoms with Crippen LogP contribution in [0.25, 0.3) is 0 Å². The second kappa shape index (κ2) is 14.8. The lowest BCUT2D eigenvalue weighted by Crippen LogP contribution is -2.71. The van der Waals surface area contributed by atoms with E-state index in [0.717, 1.165) is 16.7 Å². The van der Waals surface area contributed by atoms with Crippen LogP contribution in [-0.2, 0) is 19.9 Å². The molecular weight excluding hydrogens is 706 g/mol. The molecule has 51 heavy (non-hydrogen) atoms. The summed E-state index contributed by atoms with van der Waals surface area (Å²) in [5.41, 5.74) is 2.43. The third-order valence-electron chi connectivity index (χ3n) is 8.56. The number of rotatable bonds is 12. The van der Waals surface area contributed by atoms with Gasteiger partial charge in [-0.1, -0.05) is 114 Å². The number of carbonyl (C=O) groups is 3. The molecule has 3 heterocycles. The topological polar surface area (TPSA) is 133 Å². The minimum atomic E-state index is -1.24. The Bertz CT molecular complexity index is 2020. The maximum Gasteiger partial charge on any atom is 0.352 e. The fourth-order valence-electron chi connectivity index (χ4n) is 6.16. The highest BCUT2D eigenvalue weighted by Crippen LogP contribution is 2.42. The van der Waals surface area contributed by atoms with Crippen molar-refractivity contribution in [2.45, 2.75) is 17.0 Å². The molecular formula is C38H30ClN5O5S2. The number of oxime groups is 1. The average molecular weight is 736 g/mol. The molecule has 5 aromatic rings. The number of nitrogens with zero attached hydrogens (tertiary/aromatic N) is 3. The molecule has 0 aliphatic carbocycles. The standard InChI is InChI=1S/C38H30ClN5O5S2/c39-21-24-22-50-35-31(34(46)44(35)32(24)36(47)48)41-33(45)30(43-49-28-19-11-4-12-20-28)29-23-51-37(40-29)42-38(25-13-5-1-6-14-25,26-15-7-2-8-16-26)27-17-9-3-10-18-27/h1-20,23,31,35H,21-22H2,(H,40,42)(H,41,45)(H,47,48)/t31?,35-/m0/s1. The normalized spacial score (nSPS) is 17.3. The number of carboxylic acid groups (broad SMARTS) is 1. The number of hydrogen-bond acceptors (Lipinski definition) is 9. The van der Waals surface area contributed by atoms with Crippen LogP contribution < -0.4 is 15.5 Å². The number of para-hydroxylation sites is 1. The zero-order valence-electron chi connectivity index (χ0n) is 26.8. The summed E-state index contributed by atoms with van der Waals surface area (Å²) >= 11 is 8.61. The van der Waals surface area contributed by atoms with Crippen LogP contribution in [0.3, 0.4) is 0 Å². The highest BCUT2D eigenvalue weighted by molar-refractivity contribution is 8.00. The second-order valence-electron chi connectivity index (χ2n) is 11.6. The number of anilines is 1. The Balaban J connectivity index is 1.23. The number of aromatic nitrogens is 1. The van der Waals surface area contributed by atoms with Crippen LogP contribution in [0, 0.1) is 0 Å². The summed E-state index contributed by atoms with van der Waals surface area (Å²) in [6.45, 7) is 0. The molecule has 1 unspecified atom stereocenters. The van der Waals surface area contributed by atoms with Gasteiger partial charge in [0.05, 0.1) is 0 Å². The summed E-state index contributed by atoms with van der Waals surface area (Å²) in [6, 6.07) is 37.9. The molecule has 0 radical (unpaired) electrons. The van der Waals surface area contributed by atoms with E-state index in [1.165, 1.54) is 28.0 Å². The number of thioether (sulfide) groups is 1. The Morgan fingerprint density at radius 2 is 1.45 bits per heavy atom. The van der Waals surface area contributed by atoms with Gasteiger partial charge in [0.25, 0.3) is 11.8 Å². The Kier molecular flexibility index (Phi) is 9.89. The lowest BCUT2D eigenvalue weighted by molar-refractivity contribution is -0.150. The number of thiazole rings is 1. The summed E-state index contributed by atoms with van der Waals surface area (Å²) in [5, 5.41) is 22.1. The quantitative estimate of drug-likeness (QED) is 0.0447. The van der Waals surface area contributed by atoms with Crippen LogP contribution in [0.15, 0.2) is 143 Å². The summed E-state index contributed by atoms with van der Waals surface area (Å²) in [6.07, 6.45) is 0. The number of alkyl halides is 1. The maximum absolute atomic E-state index is 14.0. The van der Waals surface area contributed by atoms with Crippen LogP contribution in [0.2, 0.25) is 0 Å². The predicted molar refractivity (Wildman–Crippen MR) is 199 cm³/mol. The van der Waals surface area contributed by atoms with E-state index in [0.29, 0.717) is 22.2 Å². The predicted octanol–water partition coefficient (Wildman–Crippen LogP) is 6.31. The van der Waals surface area contributed by atoms with Crippen molar-refractivity contribution in [3.8, 4) is 5.75 Å². The minimum Gasteiger partial charge on any atom is -0.477 e. The fourth-order valence-corrected chi connectivity index (χ4v) is 8.59. The largest absolute Gasteiger partial charge is 0.477 e. The van der Waals surface area contributed by atoms with Gasteiger partial charge in [0, 0.05) is 17.0 Å². The van der Waals surface area contributed by atoms with Crippen molar-refractivity contribution in [3.05, 3.63) is 160 Å². The first kappa shape index (κ1) is 34.0.